The van der Waals surface area contributed by atoms with Gasteiger partial charge >= 0.3 is 5.97 Å². The van der Waals surface area contributed by atoms with Gasteiger partial charge in [-0.15, -0.1) is 0 Å². The number of fused-ring (bicyclic) bond motifs is 2. The van der Waals surface area contributed by atoms with E-state index >= 15 is 0 Å². The van der Waals surface area contributed by atoms with Crippen LogP contribution in [-0.2, 0) is 14.6 Å². The van der Waals surface area contributed by atoms with Crippen LogP contribution in [0.15, 0.2) is 52.3 Å². The lowest BCUT2D eigenvalue weighted by Crippen LogP contribution is -2.40. The summed E-state index contributed by atoms with van der Waals surface area (Å²) >= 11 is 0. The Morgan fingerprint density at radius 1 is 0.964 bits per heavy atom. The lowest BCUT2D eigenvalue weighted by Gasteiger charge is -2.30. The van der Waals surface area contributed by atoms with E-state index in [1.807, 2.05) is 0 Å². The average molecular weight is 399 g/mol. The van der Waals surface area contributed by atoms with Gasteiger partial charge in [-0.2, -0.15) is 0 Å². The number of rotatable bonds is 2. The highest BCUT2D eigenvalue weighted by molar-refractivity contribution is 7.91. The number of carbonyl (C=O) groups is 3. The lowest BCUT2D eigenvalue weighted by molar-refractivity contribution is -0.143. The van der Waals surface area contributed by atoms with Gasteiger partial charge in [0.2, 0.25) is 9.84 Å². The Morgan fingerprint density at radius 3 is 2.29 bits per heavy atom. The highest BCUT2D eigenvalue weighted by Gasteiger charge is 2.35. The first-order valence-corrected chi connectivity index (χ1v) is 10.3. The zero-order valence-corrected chi connectivity index (χ0v) is 15.6. The second kappa shape index (κ2) is 6.56. The molecule has 8 heteroatoms. The minimum absolute atomic E-state index is 0.0554. The van der Waals surface area contributed by atoms with Gasteiger partial charge in [0.1, 0.15) is 0 Å². The Morgan fingerprint density at radius 2 is 1.61 bits per heavy atom. The number of carboxylic acid groups (broad SMARTS) is 1. The van der Waals surface area contributed by atoms with E-state index in [9.17, 15) is 22.8 Å². The molecule has 0 aromatic heterocycles. The van der Waals surface area contributed by atoms with Gasteiger partial charge in [-0.3, -0.25) is 14.4 Å². The van der Waals surface area contributed by atoms with Crippen LogP contribution < -0.4 is 0 Å². The zero-order valence-electron chi connectivity index (χ0n) is 14.8. The number of nitrogens with zero attached hydrogens (tertiary/aromatic N) is 1. The third-order valence-corrected chi connectivity index (χ3v) is 7.17. The van der Waals surface area contributed by atoms with Crippen molar-refractivity contribution in [2.75, 3.05) is 13.1 Å². The van der Waals surface area contributed by atoms with Crippen molar-refractivity contribution in [1.82, 2.24) is 4.90 Å². The molecule has 144 valence electrons. The lowest BCUT2D eigenvalue weighted by atomic mass is 9.96. The predicted molar refractivity (Wildman–Crippen MR) is 98.0 cm³/mol. The van der Waals surface area contributed by atoms with Crippen LogP contribution in [0.2, 0.25) is 0 Å². The molecule has 4 rings (SSSR count). The summed E-state index contributed by atoms with van der Waals surface area (Å²) in [7, 11) is -3.91. The quantitative estimate of drug-likeness (QED) is 0.706. The summed E-state index contributed by atoms with van der Waals surface area (Å²) in [6.07, 6.45) is 0.715. The maximum absolute atomic E-state index is 13.0. The third kappa shape index (κ3) is 2.80. The smallest absolute Gasteiger partial charge is 0.306 e. The summed E-state index contributed by atoms with van der Waals surface area (Å²) in [6, 6.07) is 10.1. The van der Waals surface area contributed by atoms with E-state index in [1.54, 1.807) is 12.1 Å². The molecule has 2 aliphatic rings. The molecule has 0 aliphatic carbocycles. The van der Waals surface area contributed by atoms with Gasteiger partial charge in [0, 0.05) is 29.8 Å². The molecule has 1 fully saturated rings. The Bertz CT molecular complexity index is 1110. The molecule has 7 nitrogen and oxygen atoms in total. The number of likely N-dealkylation sites (tertiary alicyclic amines) is 1. The van der Waals surface area contributed by atoms with Gasteiger partial charge in [0.25, 0.3) is 5.91 Å². The fraction of sp³-hybridized carbons (Fsp3) is 0.250. The number of aliphatic carboxylic acids is 1. The fourth-order valence-electron chi connectivity index (χ4n) is 3.73. The molecule has 1 N–H and O–H groups in total. The second-order valence-electron chi connectivity index (χ2n) is 6.94. The van der Waals surface area contributed by atoms with Gasteiger partial charge in [0.15, 0.2) is 5.78 Å². The van der Waals surface area contributed by atoms with Crippen LogP contribution in [0.1, 0.15) is 39.1 Å². The molecular weight excluding hydrogens is 382 g/mol. The van der Waals surface area contributed by atoms with Crippen LogP contribution in [0, 0.1) is 5.92 Å². The highest BCUT2D eigenvalue weighted by Crippen LogP contribution is 2.35. The monoisotopic (exact) mass is 399 g/mol. The molecule has 0 saturated carbocycles. The molecule has 1 saturated heterocycles. The minimum atomic E-state index is -3.91. The number of piperidine rings is 1. The molecule has 2 aromatic rings. The van der Waals surface area contributed by atoms with Crippen LogP contribution in [0.3, 0.4) is 0 Å². The number of hydrogen-bond donors (Lipinski definition) is 1. The first kappa shape index (κ1) is 18.4. The van der Waals surface area contributed by atoms with E-state index in [1.165, 1.54) is 35.2 Å². The van der Waals surface area contributed by atoms with E-state index < -0.39 is 21.7 Å². The van der Waals surface area contributed by atoms with Crippen LogP contribution in [0.4, 0.5) is 0 Å². The second-order valence-corrected chi connectivity index (χ2v) is 8.83. The topological polar surface area (TPSA) is 109 Å². The highest BCUT2D eigenvalue weighted by atomic mass is 32.2. The number of sulfone groups is 1. The summed E-state index contributed by atoms with van der Waals surface area (Å²) in [5.41, 5.74) is 0.355. The predicted octanol–water partition coefficient (Wildman–Crippen LogP) is 2.00. The van der Waals surface area contributed by atoms with Crippen molar-refractivity contribution in [1.29, 1.82) is 0 Å². The molecule has 0 unspecified atom stereocenters. The maximum Gasteiger partial charge on any atom is 0.306 e. The summed E-state index contributed by atoms with van der Waals surface area (Å²) < 4.78 is 25.9. The standard InChI is InChI=1S/C20H17NO6S/c22-18-14-3-1-2-4-16(14)28(26,27)17-11-13(5-6-15(17)18)19(23)21-9-7-12(8-10-21)20(24)25/h1-6,11-12H,7-10H2,(H,24,25). The minimum Gasteiger partial charge on any atom is -0.481 e. The van der Waals surface area contributed by atoms with Crippen LogP contribution in [-0.4, -0.2) is 49.2 Å². The molecule has 0 atom stereocenters. The van der Waals surface area contributed by atoms with Crippen molar-refractivity contribution < 1.29 is 27.9 Å². The molecule has 0 spiro atoms. The Balaban J connectivity index is 1.68. The average Bonchev–Trinajstić information content (AvgIpc) is 2.71. The number of amides is 1. The van der Waals surface area contributed by atoms with Gasteiger partial charge in [-0.1, -0.05) is 12.1 Å². The van der Waals surface area contributed by atoms with Gasteiger partial charge in [-0.05, 0) is 43.2 Å². The SMILES string of the molecule is O=C1c2ccccc2S(=O)(=O)c2cc(C(=O)N3CCC(C(=O)O)CC3)ccc21. The van der Waals surface area contributed by atoms with Crippen molar-refractivity contribution in [2.24, 2.45) is 5.92 Å². The van der Waals surface area contributed by atoms with Crippen LogP contribution >= 0.6 is 0 Å². The van der Waals surface area contributed by atoms with Crippen LogP contribution in [0.5, 0.6) is 0 Å². The first-order chi connectivity index (χ1) is 13.3. The Labute approximate surface area is 161 Å². The molecule has 1 amide bonds. The largest absolute Gasteiger partial charge is 0.481 e. The molecule has 2 aliphatic heterocycles. The van der Waals surface area contributed by atoms with E-state index in [-0.39, 0.29) is 38.2 Å². The van der Waals surface area contributed by atoms with Crippen molar-refractivity contribution in [3.05, 3.63) is 59.2 Å². The normalized spacial score (nSPS) is 18.3. The molecule has 0 radical (unpaired) electrons. The van der Waals surface area contributed by atoms with E-state index in [4.69, 9.17) is 5.11 Å². The number of carboxylic acids is 1. The van der Waals surface area contributed by atoms with E-state index in [0.29, 0.717) is 25.9 Å². The Kier molecular flexibility index (Phi) is 4.30. The fourth-order valence-corrected chi connectivity index (χ4v) is 5.41. The number of hydrogen-bond acceptors (Lipinski definition) is 5. The molecule has 28 heavy (non-hydrogen) atoms. The summed E-state index contributed by atoms with van der Waals surface area (Å²) in [5, 5.41) is 9.07. The first-order valence-electron chi connectivity index (χ1n) is 8.85. The number of ketones is 1. The number of carbonyl (C=O) groups excluding carboxylic acids is 2. The van der Waals surface area contributed by atoms with Crippen LogP contribution in [0.25, 0.3) is 0 Å². The van der Waals surface area contributed by atoms with E-state index in [0.717, 1.165) is 0 Å². The molecule has 2 heterocycles. The molecular formula is C20H17NO6S. The summed E-state index contributed by atoms with van der Waals surface area (Å²) in [4.78, 5) is 37.8. The summed E-state index contributed by atoms with van der Waals surface area (Å²) in [5.74, 6) is -2.10. The number of benzene rings is 2. The van der Waals surface area contributed by atoms with Crippen molar-refractivity contribution >= 4 is 27.5 Å². The van der Waals surface area contributed by atoms with Crippen molar-refractivity contribution in [3.8, 4) is 0 Å². The van der Waals surface area contributed by atoms with Crippen molar-refractivity contribution in [3.63, 3.8) is 0 Å². The van der Waals surface area contributed by atoms with Gasteiger partial charge in [0.05, 0.1) is 15.7 Å². The molecule has 0 bridgehead atoms. The third-order valence-electron chi connectivity index (χ3n) is 5.32. The Hall–Kier alpha value is -3.00. The van der Waals surface area contributed by atoms with E-state index in [2.05, 4.69) is 0 Å². The maximum atomic E-state index is 13.0. The van der Waals surface area contributed by atoms with Gasteiger partial charge < -0.3 is 10.0 Å². The van der Waals surface area contributed by atoms with Gasteiger partial charge in [-0.25, -0.2) is 8.42 Å². The molecule has 2 aromatic carbocycles. The summed E-state index contributed by atoms with van der Waals surface area (Å²) in [6.45, 7) is 0.586. The van der Waals surface area contributed by atoms with Crippen molar-refractivity contribution in [2.45, 2.75) is 22.6 Å². The zero-order chi connectivity index (χ0) is 20.1.